The van der Waals surface area contributed by atoms with Crippen molar-refractivity contribution in [3.8, 4) is 0 Å². The van der Waals surface area contributed by atoms with E-state index in [-0.39, 0.29) is 5.82 Å². The maximum absolute atomic E-state index is 15.6. The van der Waals surface area contributed by atoms with Gasteiger partial charge >= 0.3 is 6.18 Å². The van der Waals surface area contributed by atoms with Crippen molar-refractivity contribution in [3.63, 3.8) is 0 Å². The molecular weight excluding hydrogens is 580 g/mol. The number of aromatic nitrogens is 1. The molecule has 3 heterocycles. The lowest BCUT2D eigenvalue weighted by Crippen LogP contribution is -2.47. The van der Waals surface area contributed by atoms with Crippen LogP contribution < -0.4 is 25.4 Å². The molecule has 0 aliphatic carbocycles. The Morgan fingerprint density at radius 1 is 0.930 bits per heavy atom. The number of hydrogen-bond acceptors (Lipinski definition) is 7. The van der Waals surface area contributed by atoms with Crippen molar-refractivity contribution in [3.05, 3.63) is 83.4 Å². The molecule has 8 nitrogen and oxygen atoms in total. The molecule has 2 aliphatic heterocycles. The van der Waals surface area contributed by atoms with Gasteiger partial charge in [0, 0.05) is 88.2 Å². The molecule has 1 aromatic heterocycles. The average molecular weight is 615 g/mol. The molecule has 0 amide bonds. The van der Waals surface area contributed by atoms with Crippen LogP contribution in [0.15, 0.2) is 66.0 Å². The third kappa shape index (κ3) is 7.90. The van der Waals surface area contributed by atoms with E-state index >= 15 is 4.39 Å². The second kappa shape index (κ2) is 13.6. The number of hydrogen-bond donors (Lipinski definition) is 2. The largest absolute Gasteiger partial charge is 0.416 e. The first-order valence-corrected chi connectivity index (χ1v) is 14.5. The minimum atomic E-state index is -4.40. The van der Waals surface area contributed by atoms with Crippen LogP contribution in [0.25, 0.3) is 0 Å². The maximum Gasteiger partial charge on any atom is 0.416 e. The second-order valence-corrected chi connectivity index (χ2v) is 11.0. The fourth-order valence-electron chi connectivity index (χ4n) is 5.20. The highest BCUT2D eigenvalue weighted by Gasteiger charge is 2.31. The van der Waals surface area contributed by atoms with Gasteiger partial charge in [0.2, 0.25) is 0 Å². The Balaban J connectivity index is 1.29. The lowest BCUT2D eigenvalue weighted by Gasteiger charge is -2.39. The number of pyridine rings is 1. The first-order chi connectivity index (χ1) is 20.7. The summed E-state index contributed by atoms with van der Waals surface area (Å²) in [6, 6.07) is 12.5. The summed E-state index contributed by atoms with van der Waals surface area (Å²) in [6.07, 6.45) is 0.622. The number of thiocarbonyl (C=S) groups is 1. The Kier molecular flexibility index (Phi) is 9.61. The number of piperazine rings is 2. The lowest BCUT2D eigenvalue weighted by molar-refractivity contribution is -0.137. The normalized spacial score (nSPS) is 16.5. The van der Waals surface area contributed by atoms with E-state index in [1.165, 1.54) is 18.2 Å². The highest BCUT2D eigenvalue weighted by molar-refractivity contribution is 7.80. The summed E-state index contributed by atoms with van der Waals surface area (Å²) < 4.78 is 55.3. The number of nitrogens with one attached hydrogen (secondary N) is 2. The number of rotatable bonds is 7. The second-order valence-electron chi connectivity index (χ2n) is 10.6. The quantitative estimate of drug-likeness (QED) is 0.177. The average Bonchev–Trinajstić information content (AvgIpc) is 3.01. The smallest absolute Gasteiger partial charge is 0.368 e. The Labute approximate surface area is 254 Å². The molecule has 3 aromatic rings. The van der Waals surface area contributed by atoms with Gasteiger partial charge < -0.3 is 24.9 Å². The Hall–Kier alpha value is -3.97. The summed E-state index contributed by atoms with van der Waals surface area (Å²) in [4.78, 5) is 12.4. The van der Waals surface area contributed by atoms with Gasteiger partial charge in [-0.05, 0) is 61.2 Å². The first kappa shape index (κ1) is 30.5. The fraction of sp³-hybridized carbons (Fsp3) is 0.367. The monoisotopic (exact) mass is 614 g/mol. The van der Waals surface area contributed by atoms with Crippen LogP contribution in [-0.4, -0.2) is 80.6 Å². The molecule has 0 bridgehead atoms. The minimum absolute atomic E-state index is 0.331. The SMILES string of the molecule is CN1CCN(c2cc(N3CCN(c4cccc(C(F)(F)F)c4)CC3)c(F)cc2C=NNC(=S)NCc2cccnc2)CC1. The third-order valence-electron chi connectivity index (χ3n) is 7.64. The van der Waals surface area contributed by atoms with Crippen molar-refractivity contribution < 1.29 is 17.6 Å². The van der Waals surface area contributed by atoms with Gasteiger partial charge in [0.1, 0.15) is 5.82 Å². The Bertz CT molecular complexity index is 1420. The molecule has 2 aromatic carbocycles. The molecule has 0 atom stereocenters. The standard InChI is InChI=1S/C30H34F4N8S/c1-39-8-10-41(11-9-39)27-18-28(42-14-12-40(13-15-42)25-6-2-5-24(17-25)30(32,33)34)26(31)16-23(27)21-37-38-29(43)36-20-22-4-3-7-35-19-22/h2-7,16-19,21H,8-15,20H2,1H3,(H2,36,38,43). The zero-order chi connectivity index (χ0) is 30.4. The Morgan fingerprint density at radius 3 is 2.33 bits per heavy atom. The van der Waals surface area contributed by atoms with Crippen LogP contribution in [0.2, 0.25) is 0 Å². The highest BCUT2D eigenvalue weighted by Crippen LogP contribution is 2.34. The molecular formula is C30H34F4N8S. The van der Waals surface area contributed by atoms with E-state index in [2.05, 4.69) is 37.7 Å². The van der Waals surface area contributed by atoms with Crippen molar-refractivity contribution in [2.75, 3.05) is 74.1 Å². The van der Waals surface area contributed by atoms with Gasteiger partial charge in [-0.15, -0.1) is 0 Å². The van der Waals surface area contributed by atoms with Crippen LogP contribution >= 0.6 is 12.2 Å². The van der Waals surface area contributed by atoms with Crippen molar-refractivity contribution in [2.45, 2.75) is 12.7 Å². The minimum Gasteiger partial charge on any atom is -0.368 e. The van der Waals surface area contributed by atoms with Gasteiger partial charge in [-0.1, -0.05) is 12.1 Å². The van der Waals surface area contributed by atoms with Crippen LogP contribution in [0.4, 0.5) is 34.6 Å². The molecule has 228 valence electrons. The number of benzene rings is 2. The highest BCUT2D eigenvalue weighted by atomic mass is 32.1. The first-order valence-electron chi connectivity index (χ1n) is 14.1. The van der Waals surface area contributed by atoms with E-state index in [9.17, 15) is 13.2 Å². The summed E-state index contributed by atoms with van der Waals surface area (Å²) in [5.41, 5.74) is 5.57. The molecule has 2 N–H and O–H groups in total. The number of halogens is 4. The van der Waals surface area contributed by atoms with Gasteiger partial charge in [0.05, 0.1) is 17.5 Å². The van der Waals surface area contributed by atoms with E-state index in [1.54, 1.807) is 24.7 Å². The summed E-state index contributed by atoms with van der Waals surface area (Å²) >= 11 is 5.33. The molecule has 0 radical (unpaired) electrons. The zero-order valence-electron chi connectivity index (χ0n) is 23.8. The van der Waals surface area contributed by atoms with Gasteiger partial charge in [-0.3, -0.25) is 10.4 Å². The van der Waals surface area contributed by atoms with E-state index in [4.69, 9.17) is 12.2 Å². The van der Waals surface area contributed by atoms with Crippen molar-refractivity contribution >= 4 is 40.6 Å². The Morgan fingerprint density at radius 2 is 1.63 bits per heavy atom. The summed E-state index contributed by atoms with van der Waals surface area (Å²) in [7, 11) is 2.07. The van der Waals surface area contributed by atoms with Crippen LogP contribution in [0.5, 0.6) is 0 Å². The summed E-state index contributed by atoms with van der Waals surface area (Å²) in [6.45, 7) is 5.70. The van der Waals surface area contributed by atoms with E-state index in [0.717, 1.165) is 43.5 Å². The van der Waals surface area contributed by atoms with Crippen LogP contribution in [-0.2, 0) is 12.7 Å². The van der Waals surface area contributed by atoms with Gasteiger partial charge in [0.25, 0.3) is 0 Å². The number of likely N-dealkylation sites (N-methyl/N-ethyl adjacent to an activating group) is 1. The number of hydrazone groups is 1. The number of nitrogens with zero attached hydrogens (tertiary/aromatic N) is 6. The van der Waals surface area contributed by atoms with Gasteiger partial charge in [-0.2, -0.15) is 18.3 Å². The zero-order valence-corrected chi connectivity index (χ0v) is 24.6. The predicted octanol–water partition coefficient (Wildman–Crippen LogP) is 4.32. The lowest BCUT2D eigenvalue weighted by atomic mass is 10.1. The maximum atomic E-state index is 15.6. The molecule has 2 fully saturated rings. The van der Waals surface area contributed by atoms with Crippen LogP contribution in [0.3, 0.4) is 0 Å². The molecule has 43 heavy (non-hydrogen) atoms. The number of alkyl halides is 3. The molecule has 0 saturated carbocycles. The van der Waals surface area contributed by atoms with E-state index < -0.39 is 11.7 Å². The molecule has 5 rings (SSSR count). The van der Waals surface area contributed by atoms with Crippen LogP contribution in [0.1, 0.15) is 16.7 Å². The number of anilines is 3. The van der Waals surface area contributed by atoms with Crippen molar-refractivity contribution in [2.24, 2.45) is 5.10 Å². The van der Waals surface area contributed by atoms with E-state index in [0.29, 0.717) is 54.8 Å². The van der Waals surface area contributed by atoms with Gasteiger partial charge in [-0.25, -0.2) is 4.39 Å². The topological polar surface area (TPSA) is 62.3 Å². The van der Waals surface area contributed by atoms with Crippen molar-refractivity contribution in [1.82, 2.24) is 20.6 Å². The summed E-state index contributed by atoms with van der Waals surface area (Å²) in [5.74, 6) is -0.385. The summed E-state index contributed by atoms with van der Waals surface area (Å²) in [5, 5.41) is 7.68. The fourth-order valence-corrected chi connectivity index (χ4v) is 5.33. The predicted molar refractivity (Wildman–Crippen MR) is 166 cm³/mol. The van der Waals surface area contributed by atoms with E-state index in [1.807, 2.05) is 28.0 Å². The van der Waals surface area contributed by atoms with Crippen molar-refractivity contribution in [1.29, 1.82) is 0 Å². The molecule has 0 unspecified atom stereocenters. The molecule has 2 saturated heterocycles. The molecule has 0 spiro atoms. The third-order valence-corrected chi connectivity index (χ3v) is 7.88. The molecule has 13 heteroatoms. The van der Waals surface area contributed by atoms with Gasteiger partial charge in [0.15, 0.2) is 5.11 Å². The van der Waals surface area contributed by atoms with Crippen LogP contribution in [0, 0.1) is 5.82 Å². The molecule has 2 aliphatic rings.